The summed E-state index contributed by atoms with van der Waals surface area (Å²) in [6.45, 7) is 3.29. The highest BCUT2D eigenvalue weighted by molar-refractivity contribution is 6.31. The van der Waals surface area contributed by atoms with Crippen molar-refractivity contribution < 1.29 is 14.0 Å². The maximum Gasteiger partial charge on any atom is 0.278 e. The summed E-state index contributed by atoms with van der Waals surface area (Å²) >= 11 is 5.80. The van der Waals surface area contributed by atoms with E-state index in [2.05, 4.69) is 15.6 Å². The fraction of sp³-hybridized carbons (Fsp3) is 0.154. The maximum atomic E-state index is 13.6. The number of fused-ring (bicyclic) bond motifs is 1. The quantitative estimate of drug-likeness (QED) is 0.389. The molecule has 4 aromatic rings. The van der Waals surface area contributed by atoms with Crippen LogP contribution in [0.2, 0.25) is 5.02 Å². The number of hydrogen-bond acceptors (Lipinski definition) is 4. The highest BCUT2D eigenvalue weighted by Crippen LogP contribution is 2.27. The van der Waals surface area contributed by atoms with E-state index in [-0.39, 0.29) is 29.6 Å². The molecule has 1 heterocycles. The Labute approximate surface area is 205 Å². The Kier molecular flexibility index (Phi) is 6.93. The highest BCUT2D eigenvalue weighted by Gasteiger charge is 2.18. The number of halogens is 2. The van der Waals surface area contributed by atoms with E-state index in [4.69, 9.17) is 11.6 Å². The number of carbonyl (C=O) groups is 2. The lowest BCUT2D eigenvalue weighted by molar-refractivity contribution is -0.117. The van der Waals surface area contributed by atoms with Crippen LogP contribution in [-0.2, 0) is 16.1 Å². The fourth-order valence-electron chi connectivity index (χ4n) is 3.64. The van der Waals surface area contributed by atoms with E-state index in [0.29, 0.717) is 28.0 Å². The molecular formula is C26H22ClFN4O3. The standard InChI is InChI=1S/C26H22ClFN4O3/c1-3-23(33)30-20-11-8-15(2)12-17(20)25-26(35)32(22-7-5-4-6-21(22)31-25)14-24(34)29-16-9-10-19(28)18(27)13-16/h4-13H,3,14H2,1-2H3,(H,29,34)(H,30,33). The van der Waals surface area contributed by atoms with Crippen molar-refractivity contribution in [2.24, 2.45) is 0 Å². The van der Waals surface area contributed by atoms with Crippen LogP contribution in [0.4, 0.5) is 15.8 Å². The summed E-state index contributed by atoms with van der Waals surface area (Å²) in [6, 6.07) is 16.1. The van der Waals surface area contributed by atoms with Gasteiger partial charge in [-0.2, -0.15) is 0 Å². The zero-order chi connectivity index (χ0) is 25.1. The maximum absolute atomic E-state index is 13.6. The van der Waals surface area contributed by atoms with Crippen LogP contribution < -0.4 is 16.2 Å². The first-order valence-electron chi connectivity index (χ1n) is 10.9. The molecule has 2 amide bonds. The number of benzene rings is 3. The van der Waals surface area contributed by atoms with Gasteiger partial charge in [-0.3, -0.25) is 19.0 Å². The van der Waals surface area contributed by atoms with E-state index in [0.717, 1.165) is 11.6 Å². The van der Waals surface area contributed by atoms with Gasteiger partial charge in [0, 0.05) is 17.7 Å². The number of hydrogen-bond donors (Lipinski definition) is 2. The van der Waals surface area contributed by atoms with Gasteiger partial charge >= 0.3 is 0 Å². The van der Waals surface area contributed by atoms with Gasteiger partial charge in [0.2, 0.25) is 11.8 Å². The predicted molar refractivity (Wildman–Crippen MR) is 135 cm³/mol. The van der Waals surface area contributed by atoms with Crippen LogP contribution >= 0.6 is 11.6 Å². The van der Waals surface area contributed by atoms with Crippen molar-refractivity contribution in [2.75, 3.05) is 10.6 Å². The molecule has 2 N–H and O–H groups in total. The molecule has 1 aromatic heterocycles. The van der Waals surface area contributed by atoms with Crippen LogP contribution in [-0.4, -0.2) is 21.4 Å². The molecule has 0 radical (unpaired) electrons. The third-order valence-electron chi connectivity index (χ3n) is 5.38. The third-order valence-corrected chi connectivity index (χ3v) is 5.67. The molecule has 0 aliphatic rings. The normalized spacial score (nSPS) is 10.9. The molecule has 178 valence electrons. The molecule has 0 saturated carbocycles. The van der Waals surface area contributed by atoms with Crippen LogP contribution in [0.3, 0.4) is 0 Å². The molecular weight excluding hydrogens is 471 g/mol. The van der Waals surface area contributed by atoms with E-state index < -0.39 is 17.3 Å². The lowest BCUT2D eigenvalue weighted by atomic mass is 10.1. The zero-order valence-electron chi connectivity index (χ0n) is 19.1. The topological polar surface area (TPSA) is 93.1 Å². The van der Waals surface area contributed by atoms with Crippen molar-refractivity contribution in [1.29, 1.82) is 0 Å². The van der Waals surface area contributed by atoms with Crippen LogP contribution in [0, 0.1) is 12.7 Å². The molecule has 4 rings (SSSR count). The SMILES string of the molecule is CCC(=O)Nc1ccc(C)cc1-c1nc2ccccc2n(CC(=O)Nc2ccc(F)c(Cl)c2)c1=O. The molecule has 0 spiro atoms. The molecule has 0 fully saturated rings. The summed E-state index contributed by atoms with van der Waals surface area (Å²) in [4.78, 5) is 43.1. The first-order valence-corrected chi connectivity index (χ1v) is 11.3. The van der Waals surface area contributed by atoms with E-state index in [1.165, 1.54) is 16.7 Å². The average Bonchev–Trinajstić information content (AvgIpc) is 2.84. The van der Waals surface area contributed by atoms with Crippen molar-refractivity contribution in [1.82, 2.24) is 9.55 Å². The predicted octanol–water partition coefficient (Wildman–Crippen LogP) is 5.15. The van der Waals surface area contributed by atoms with Gasteiger partial charge in [0.25, 0.3) is 5.56 Å². The highest BCUT2D eigenvalue weighted by atomic mass is 35.5. The largest absolute Gasteiger partial charge is 0.325 e. The summed E-state index contributed by atoms with van der Waals surface area (Å²) in [5.74, 6) is -1.30. The van der Waals surface area contributed by atoms with Crippen molar-refractivity contribution in [3.8, 4) is 11.3 Å². The third kappa shape index (κ3) is 5.22. The molecule has 0 aliphatic heterocycles. The number of aromatic nitrogens is 2. The number of amides is 2. The Hall–Kier alpha value is -4.04. The molecule has 9 heteroatoms. The molecule has 3 aromatic carbocycles. The molecule has 0 atom stereocenters. The van der Waals surface area contributed by atoms with Gasteiger partial charge in [-0.1, -0.05) is 42.3 Å². The first-order chi connectivity index (χ1) is 16.8. The van der Waals surface area contributed by atoms with Gasteiger partial charge in [0.15, 0.2) is 0 Å². The van der Waals surface area contributed by atoms with Crippen molar-refractivity contribution >= 4 is 45.8 Å². The van der Waals surface area contributed by atoms with Crippen LogP contribution in [0.5, 0.6) is 0 Å². The number of anilines is 2. The minimum Gasteiger partial charge on any atom is -0.325 e. The monoisotopic (exact) mass is 492 g/mol. The molecule has 0 bridgehead atoms. The van der Waals surface area contributed by atoms with Crippen LogP contribution in [0.1, 0.15) is 18.9 Å². The fourth-order valence-corrected chi connectivity index (χ4v) is 3.83. The van der Waals surface area contributed by atoms with Crippen LogP contribution in [0.15, 0.2) is 65.5 Å². The zero-order valence-corrected chi connectivity index (χ0v) is 19.8. The van der Waals surface area contributed by atoms with Crippen molar-refractivity contribution in [3.63, 3.8) is 0 Å². The second-order valence-corrected chi connectivity index (χ2v) is 8.38. The average molecular weight is 493 g/mol. The summed E-state index contributed by atoms with van der Waals surface area (Å²) in [5.41, 5.74) is 2.69. The van der Waals surface area contributed by atoms with Gasteiger partial charge in [-0.25, -0.2) is 9.37 Å². The summed E-state index contributed by atoms with van der Waals surface area (Å²) in [7, 11) is 0. The van der Waals surface area contributed by atoms with E-state index >= 15 is 0 Å². The number of aryl methyl sites for hydroxylation is 1. The Bertz CT molecular complexity index is 1520. The van der Waals surface area contributed by atoms with Crippen molar-refractivity contribution in [3.05, 3.63) is 87.4 Å². The van der Waals surface area contributed by atoms with Gasteiger partial charge in [0.1, 0.15) is 18.1 Å². The van der Waals surface area contributed by atoms with Crippen LogP contribution in [0.25, 0.3) is 22.3 Å². The lowest BCUT2D eigenvalue weighted by Crippen LogP contribution is -2.30. The summed E-state index contributed by atoms with van der Waals surface area (Å²) < 4.78 is 14.8. The van der Waals surface area contributed by atoms with Crippen molar-refractivity contribution in [2.45, 2.75) is 26.8 Å². The molecule has 0 aliphatic carbocycles. The molecule has 35 heavy (non-hydrogen) atoms. The minimum absolute atomic E-state index is 0.108. The number of para-hydroxylation sites is 2. The van der Waals surface area contributed by atoms with Gasteiger partial charge in [-0.05, 0) is 49.4 Å². The number of rotatable bonds is 6. The second-order valence-electron chi connectivity index (χ2n) is 7.97. The summed E-state index contributed by atoms with van der Waals surface area (Å²) in [6.07, 6.45) is 0.274. The number of carbonyl (C=O) groups excluding carboxylic acids is 2. The first kappa shape index (κ1) is 24.1. The van der Waals surface area contributed by atoms with Gasteiger partial charge in [0.05, 0.1) is 21.7 Å². The van der Waals surface area contributed by atoms with E-state index in [9.17, 15) is 18.8 Å². The Morgan fingerprint density at radius 1 is 1.03 bits per heavy atom. The Balaban J connectivity index is 1.80. The number of nitrogens with zero attached hydrogens (tertiary/aromatic N) is 2. The lowest BCUT2D eigenvalue weighted by Gasteiger charge is -2.15. The molecule has 0 saturated heterocycles. The number of nitrogens with one attached hydrogen (secondary N) is 2. The van der Waals surface area contributed by atoms with E-state index in [1.807, 2.05) is 13.0 Å². The van der Waals surface area contributed by atoms with Gasteiger partial charge < -0.3 is 10.6 Å². The molecule has 7 nitrogen and oxygen atoms in total. The Morgan fingerprint density at radius 3 is 2.54 bits per heavy atom. The smallest absolute Gasteiger partial charge is 0.278 e. The minimum atomic E-state index is -0.602. The summed E-state index contributed by atoms with van der Waals surface area (Å²) in [5, 5.41) is 5.32. The molecule has 0 unspecified atom stereocenters. The second kappa shape index (κ2) is 10.1. The van der Waals surface area contributed by atoms with E-state index in [1.54, 1.807) is 43.3 Å². The Morgan fingerprint density at radius 2 is 1.80 bits per heavy atom. The van der Waals surface area contributed by atoms with Gasteiger partial charge in [-0.15, -0.1) is 0 Å².